The molecule has 1 aromatic rings. The fraction of sp³-hybridized carbons (Fsp3) is 0.647. The molecule has 20 heavy (non-hydrogen) atoms. The Labute approximate surface area is 120 Å². The van der Waals surface area contributed by atoms with E-state index >= 15 is 0 Å². The van der Waals surface area contributed by atoms with E-state index in [2.05, 4.69) is 4.90 Å². The Kier molecular flexibility index (Phi) is 4.08. The second-order valence-corrected chi connectivity index (χ2v) is 6.32. The lowest BCUT2D eigenvalue weighted by molar-refractivity contribution is -0.0406. The summed E-state index contributed by atoms with van der Waals surface area (Å²) in [7, 11) is 0. The molecule has 1 aliphatic carbocycles. The lowest BCUT2D eigenvalue weighted by Gasteiger charge is -2.46. The standard InChI is InChI=1S/C17H24FNO/c18-15-8-6-7-14(13-15)16(20)17(9-2-3-10-17)19-11-4-1-5-12-19/h6-8,13,16,20H,1-5,9-12H2. The maximum atomic E-state index is 13.5. The monoisotopic (exact) mass is 277 g/mol. The molecule has 1 N–H and O–H groups in total. The third-order valence-corrected chi connectivity index (χ3v) is 5.13. The van der Waals surface area contributed by atoms with Crippen molar-refractivity contribution in [2.24, 2.45) is 0 Å². The zero-order valence-corrected chi connectivity index (χ0v) is 12.0. The molecule has 0 bridgehead atoms. The van der Waals surface area contributed by atoms with Crippen LogP contribution in [0.2, 0.25) is 0 Å². The highest BCUT2D eigenvalue weighted by Gasteiger charge is 2.46. The predicted octanol–water partition coefficient (Wildman–Crippen LogP) is 3.66. The molecule has 1 saturated heterocycles. The maximum Gasteiger partial charge on any atom is 0.123 e. The van der Waals surface area contributed by atoms with E-state index in [0.29, 0.717) is 0 Å². The largest absolute Gasteiger partial charge is 0.386 e. The van der Waals surface area contributed by atoms with Crippen LogP contribution in [-0.2, 0) is 0 Å². The number of aliphatic hydroxyl groups excluding tert-OH is 1. The number of benzene rings is 1. The molecule has 2 fully saturated rings. The summed E-state index contributed by atoms with van der Waals surface area (Å²) in [6.45, 7) is 2.15. The van der Waals surface area contributed by atoms with Gasteiger partial charge in [-0.2, -0.15) is 0 Å². The Morgan fingerprint density at radius 1 is 1.05 bits per heavy atom. The molecule has 3 rings (SSSR count). The van der Waals surface area contributed by atoms with E-state index < -0.39 is 6.10 Å². The van der Waals surface area contributed by atoms with Gasteiger partial charge in [0.15, 0.2) is 0 Å². The third kappa shape index (κ3) is 2.49. The molecule has 2 aliphatic rings. The molecule has 1 aliphatic heterocycles. The molecule has 1 atom stereocenters. The van der Waals surface area contributed by atoms with Crippen LogP contribution in [0.5, 0.6) is 0 Å². The van der Waals surface area contributed by atoms with Gasteiger partial charge in [-0.1, -0.05) is 31.4 Å². The molecule has 1 aromatic carbocycles. The Morgan fingerprint density at radius 2 is 1.75 bits per heavy atom. The van der Waals surface area contributed by atoms with Gasteiger partial charge in [0, 0.05) is 0 Å². The van der Waals surface area contributed by atoms with Crippen molar-refractivity contribution in [2.45, 2.75) is 56.6 Å². The molecular formula is C17H24FNO. The van der Waals surface area contributed by atoms with E-state index in [0.717, 1.165) is 31.5 Å². The lowest BCUT2D eigenvalue weighted by Crippen LogP contribution is -2.53. The minimum atomic E-state index is -0.571. The zero-order chi connectivity index (χ0) is 14.0. The highest BCUT2D eigenvalue weighted by molar-refractivity contribution is 5.23. The predicted molar refractivity (Wildman–Crippen MR) is 78.0 cm³/mol. The molecule has 1 unspecified atom stereocenters. The molecule has 2 nitrogen and oxygen atoms in total. The summed E-state index contributed by atoms with van der Waals surface area (Å²) >= 11 is 0. The van der Waals surface area contributed by atoms with Crippen molar-refractivity contribution in [3.05, 3.63) is 35.6 Å². The first-order chi connectivity index (χ1) is 9.72. The number of rotatable bonds is 3. The van der Waals surface area contributed by atoms with Gasteiger partial charge in [0.05, 0.1) is 11.6 Å². The minimum absolute atomic E-state index is 0.159. The Morgan fingerprint density at radius 3 is 2.40 bits per heavy atom. The van der Waals surface area contributed by atoms with Crippen molar-refractivity contribution in [1.29, 1.82) is 0 Å². The van der Waals surface area contributed by atoms with Crippen LogP contribution in [0.3, 0.4) is 0 Å². The van der Waals surface area contributed by atoms with Crippen molar-refractivity contribution in [2.75, 3.05) is 13.1 Å². The first-order valence-corrected chi connectivity index (χ1v) is 7.91. The van der Waals surface area contributed by atoms with E-state index in [4.69, 9.17) is 0 Å². The maximum absolute atomic E-state index is 13.5. The number of piperidine rings is 1. The van der Waals surface area contributed by atoms with Crippen LogP contribution in [0.1, 0.15) is 56.6 Å². The highest BCUT2D eigenvalue weighted by Crippen LogP contribution is 2.45. The topological polar surface area (TPSA) is 23.5 Å². The van der Waals surface area contributed by atoms with Gasteiger partial charge in [-0.3, -0.25) is 4.90 Å². The quantitative estimate of drug-likeness (QED) is 0.911. The van der Waals surface area contributed by atoms with Crippen LogP contribution in [-0.4, -0.2) is 28.6 Å². The van der Waals surface area contributed by atoms with Crippen LogP contribution >= 0.6 is 0 Å². The van der Waals surface area contributed by atoms with Gasteiger partial charge in [0.1, 0.15) is 5.82 Å². The van der Waals surface area contributed by atoms with Crippen molar-refractivity contribution in [3.8, 4) is 0 Å². The molecular weight excluding hydrogens is 253 g/mol. The van der Waals surface area contributed by atoms with Crippen molar-refractivity contribution >= 4 is 0 Å². The Bertz CT molecular complexity index is 450. The van der Waals surface area contributed by atoms with Crippen LogP contribution in [0.15, 0.2) is 24.3 Å². The molecule has 0 amide bonds. The summed E-state index contributed by atoms with van der Waals surface area (Å²) in [5.41, 5.74) is 0.575. The Balaban J connectivity index is 1.89. The van der Waals surface area contributed by atoms with E-state index in [-0.39, 0.29) is 11.4 Å². The zero-order valence-electron chi connectivity index (χ0n) is 12.0. The van der Waals surface area contributed by atoms with E-state index in [1.54, 1.807) is 6.07 Å². The third-order valence-electron chi connectivity index (χ3n) is 5.13. The highest BCUT2D eigenvalue weighted by atomic mass is 19.1. The summed E-state index contributed by atoms with van der Waals surface area (Å²) in [5, 5.41) is 10.9. The summed E-state index contributed by atoms with van der Waals surface area (Å²) in [5.74, 6) is -0.256. The average molecular weight is 277 g/mol. The van der Waals surface area contributed by atoms with E-state index in [1.807, 2.05) is 6.07 Å². The van der Waals surface area contributed by atoms with Gasteiger partial charge >= 0.3 is 0 Å². The first-order valence-electron chi connectivity index (χ1n) is 7.91. The second-order valence-electron chi connectivity index (χ2n) is 6.32. The van der Waals surface area contributed by atoms with Gasteiger partial charge in [0.2, 0.25) is 0 Å². The molecule has 110 valence electrons. The summed E-state index contributed by atoms with van der Waals surface area (Å²) < 4.78 is 13.5. The molecule has 0 aromatic heterocycles. The summed E-state index contributed by atoms with van der Waals surface area (Å²) in [4.78, 5) is 2.49. The number of halogens is 1. The summed E-state index contributed by atoms with van der Waals surface area (Å²) in [6.07, 6.45) is 7.57. The second kappa shape index (κ2) is 5.82. The first kappa shape index (κ1) is 14.0. The fourth-order valence-electron chi connectivity index (χ4n) is 4.08. The van der Waals surface area contributed by atoms with Crippen molar-refractivity contribution < 1.29 is 9.50 Å². The van der Waals surface area contributed by atoms with Gasteiger partial charge < -0.3 is 5.11 Å². The van der Waals surface area contributed by atoms with Crippen LogP contribution in [0.25, 0.3) is 0 Å². The SMILES string of the molecule is OC(c1cccc(F)c1)C1(N2CCCCC2)CCCC1. The molecule has 0 radical (unpaired) electrons. The number of hydrogen-bond donors (Lipinski definition) is 1. The van der Waals surface area contributed by atoms with Crippen molar-refractivity contribution in [3.63, 3.8) is 0 Å². The van der Waals surface area contributed by atoms with Gasteiger partial charge in [-0.25, -0.2) is 4.39 Å². The molecule has 0 spiro atoms. The van der Waals surface area contributed by atoms with Gasteiger partial charge in [-0.05, 0) is 56.5 Å². The lowest BCUT2D eigenvalue weighted by atomic mass is 9.83. The number of aliphatic hydroxyl groups is 1. The van der Waals surface area contributed by atoms with Crippen LogP contribution < -0.4 is 0 Å². The van der Waals surface area contributed by atoms with E-state index in [1.165, 1.54) is 44.2 Å². The van der Waals surface area contributed by atoms with E-state index in [9.17, 15) is 9.50 Å². The molecule has 3 heteroatoms. The number of likely N-dealkylation sites (tertiary alicyclic amines) is 1. The number of nitrogens with zero attached hydrogens (tertiary/aromatic N) is 1. The molecule has 1 saturated carbocycles. The van der Waals surface area contributed by atoms with Crippen LogP contribution in [0, 0.1) is 5.82 Å². The summed E-state index contributed by atoms with van der Waals surface area (Å²) in [6, 6.07) is 6.50. The fourth-order valence-corrected chi connectivity index (χ4v) is 4.08. The van der Waals surface area contributed by atoms with Crippen LogP contribution in [0.4, 0.5) is 4.39 Å². The van der Waals surface area contributed by atoms with Gasteiger partial charge in [-0.15, -0.1) is 0 Å². The minimum Gasteiger partial charge on any atom is -0.386 e. The Hall–Kier alpha value is -0.930. The smallest absolute Gasteiger partial charge is 0.123 e. The van der Waals surface area contributed by atoms with Gasteiger partial charge in [0.25, 0.3) is 0 Å². The number of hydrogen-bond acceptors (Lipinski definition) is 2. The normalized spacial score (nSPS) is 24.7. The average Bonchev–Trinajstić information content (AvgIpc) is 2.98. The molecule has 1 heterocycles. The van der Waals surface area contributed by atoms with Crippen molar-refractivity contribution in [1.82, 2.24) is 4.90 Å².